The lowest BCUT2D eigenvalue weighted by atomic mass is 9.87. The monoisotopic (exact) mass is 812 g/mol. The normalized spacial score (nSPS) is 14.4. The van der Waals surface area contributed by atoms with Gasteiger partial charge in [0.05, 0.1) is 11.4 Å². The average molecular weight is 813 g/mol. The molecular weight excluding hydrogens is 749 g/mol. The zero-order chi connectivity index (χ0) is 40.7. The molecule has 0 bridgehead atoms. The summed E-state index contributed by atoms with van der Waals surface area (Å²) in [4.78, 5) is 34.2. The number of hydrogen-bond donors (Lipinski definition) is 2. The molecule has 1 aliphatic rings. The molecule has 3 aromatic rings. The maximum absolute atomic E-state index is 14.9. The molecule has 11 nitrogen and oxygen atoms in total. The van der Waals surface area contributed by atoms with Crippen molar-refractivity contribution in [3.8, 4) is 5.88 Å². The van der Waals surface area contributed by atoms with E-state index in [2.05, 4.69) is 46.0 Å². The van der Waals surface area contributed by atoms with Crippen LogP contribution in [0.25, 0.3) is 0 Å². The number of amidine groups is 1. The molecular formula is C43H64N4O7S2. The lowest BCUT2D eigenvalue weighted by molar-refractivity contribution is -0.117. The average Bonchev–Trinajstić information content (AvgIpc) is 3.43. The first-order valence-electron chi connectivity index (χ1n) is 20.6. The molecule has 0 fully saturated rings. The number of nitrogens with one attached hydrogen (secondary N) is 1. The molecule has 1 unspecified atom stereocenters. The van der Waals surface area contributed by atoms with Gasteiger partial charge in [-0.15, -0.1) is 11.8 Å². The number of benzene rings is 2. The molecule has 310 valence electrons. The lowest BCUT2D eigenvalue weighted by Gasteiger charge is -2.33. The van der Waals surface area contributed by atoms with Gasteiger partial charge in [0.25, 0.3) is 15.9 Å². The minimum absolute atomic E-state index is 0.0112. The zero-order valence-corrected chi connectivity index (χ0v) is 36.0. The van der Waals surface area contributed by atoms with E-state index in [1.165, 1.54) is 25.3 Å². The van der Waals surface area contributed by atoms with Crippen LogP contribution >= 0.6 is 11.8 Å². The predicted molar refractivity (Wildman–Crippen MR) is 227 cm³/mol. The van der Waals surface area contributed by atoms with Crippen molar-refractivity contribution >= 4 is 44.9 Å². The van der Waals surface area contributed by atoms with E-state index in [0.29, 0.717) is 31.7 Å². The quantitative estimate of drug-likeness (QED) is 0.0672. The van der Waals surface area contributed by atoms with Gasteiger partial charge in [-0.3, -0.25) is 9.10 Å². The second-order valence-corrected chi connectivity index (χ2v) is 18.6. The number of unbranched alkanes of at least 4 members (excludes halogenated alkanes) is 9. The van der Waals surface area contributed by atoms with E-state index in [1.54, 1.807) is 30.0 Å². The summed E-state index contributed by atoms with van der Waals surface area (Å²) in [7, 11) is -4.25. The number of hydrogen-bond acceptors (Lipinski definition) is 9. The van der Waals surface area contributed by atoms with Crippen molar-refractivity contribution in [2.45, 2.75) is 153 Å². The number of aliphatic imine (C=N–C) groups is 1. The molecule has 1 atom stereocenters. The molecule has 0 spiro atoms. The maximum atomic E-state index is 14.9. The second kappa shape index (κ2) is 21.8. The summed E-state index contributed by atoms with van der Waals surface area (Å²) < 4.78 is 42.3. The highest BCUT2D eigenvalue weighted by Crippen LogP contribution is 2.38. The summed E-state index contributed by atoms with van der Waals surface area (Å²) in [6.45, 7) is 13.4. The number of sulfonamides is 1. The number of aryl methyl sites for hydroxylation is 1. The Morgan fingerprint density at radius 3 is 2.29 bits per heavy atom. The minimum Gasteiger partial charge on any atom is -0.492 e. The number of fused-ring (bicyclic) bond motifs is 1. The van der Waals surface area contributed by atoms with Crippen LogP contribution in [0.3, 0.4) is 0 Å². The number of aromatic hydroxyl groups is 1. The van der Waals surface area contributed by atoms with E-state index in [1.807, 2.05) is 19.1 Å². The Morgan fingerprint density at radius 1 is 0.911 bits per heavy atom. The Hall–Kier alpha value is -3.55. The van der Waals surface area contributed by atoms with Gasteiger partial charge in [-0.1, -0.05) is 118 Å². The van der Waals surface area contributed by atoms with Crippen molar-refractivity contribution < 1.29 is 27.5 Å². The standard InChI is InChI=1S/C43H64N4O7S2/c1-7-10-13-15-16-19-28-53-29-21-27-46-39(44-33-22-17-18-24-37(33)56(46,51)52)38(47-41(49)35(23-12-9-3)54-42(47)50)40(48)45-34-31-32(43(4,5)6)25-26-36(34)55-30-20-14-11-8-2/h17-18,22,24-26,31,38,49H,7-16,19-21,23,27-30H2,1-6H3,(H,45,48). The van der Waals surface area contributed by atoms with Crippen molar-refractivity contribution in [2.75, 3.05) is 30.8 Å². The van der Waals surface area contributed by atoms with Gasteiger partial charge in [-0.25, -0.2) is 22.8 Å². The Bertz CT molecular complexity index is 1910. The highest BCUT2D eigenvalue weighted by atomic mass is 32.2. The molecule has 1 aliphatic heterocycles. The number of ether oxygens (including phenoxy) is 1. The lowest BCUT2D eigenvalue weighted by Crippen LogP contribution is -2.49. The summed E-state index contributed by atoms with van der Waals surface area (Å²) in [5.41, 5.74) is 1.41. The van der Waals surface area contributed by atoms with E-state index in [0.717, 1.165) is 76.5 Å². The fourth-order valence-electron chi connectivity index (χ4n) is 6.65. The van der Waals surface area contributed by atoms with Gasteiger partial charge in [-0.2, -0.15) is 0 Å². The third-order valence-electron chi connectivity index (χ3n) is 9.97. The molecule has 1 amide bonds. The number of carbonyl (C=O) groups excluding carboxylic acids is 1. The van der Waals surface area contributed by atoms with E-state index in [-0.39, 0.29) is 40.6 Å². The molecule has 13 heteroatoms. The minimum atomic E-state index is -4.25. The van der Waals surface area contributed by atoms with E-state index >= 15 is 0 Å². The van der Waals surface area contributed by atoms with Crippen LogP contribution in [0.15, 0.2) is 66.5 Å². The van der Waals surface area contributed by atoms with Gasteiger partial charge in [0.2, 0.25) is 5.88 Å². The van der Waals surface area contributed by atoms with Crippen LogP contribution in [-0.4, -0.2) is 59.7 Å². The Kier molecular flexibility index (Phi) is 17.6. The van der Waals surface area contributed by atoms with Gasteiger partial charge in [0.1, 0.15) is 4.90 Å². The van der Waals surface area contributed by atoms with Crippen LogP contribution in [0.1, 0.15) is 142 Å². The van der Waals surface area contributed by atoms with Gasteiger partial charge in [0.15, 0.2) is 17.6 Å². The number of thioether (sulfide) groups is 1. The maximum Gasteiger partial charge on any atom is 0.423 e. The van der Waals surface area contributed by atoms with Crippen molar-refractivity contribution in [1.82, 2.24) is 8.87 Å². The van der Waals surface area contributed by atoms with Gasteiger partial charge in [-0.05, 0) is 66.7 Å². The van der Waals surface area contributed by atoms with E-state index in [9.17, 15) is 23.1 Å². The SMILES string of the molecule is CCCCCCCCOCCCN1C(C(C(=O)Nc2cc(C(C)(C)C)ccc2SCCCCCC)n2c(O)c(CCCC)oc2=O)=Nc2ccccc2S1(=O)=O. The highest BCUT2D eigenvalue weighted by molar-refractivity contribution is 7.99. The van der Waals surface area contributed by atoms with Crippen molar-refractivity contribution in [3.63, 3.8) is 0 Å². The number of para-hydroxylation sites is 1. The summed E-state index contributed by atoms with van der Waals surface area (Å²) in [6, 6.07) is 10.6. The molecule has 56 heavy (non-hydrogen) atoms. The molecule has 1 aromatic heterocycles. The smallest absolute Gasteiger partial charge is 0.423 e. The number of carbonyl (C=O) groups is 1. The first kappa shape index (κ1) is 45.2. The molecule has 2 N–H and O–H groups in total. The van der Waals surface area contributed by atoms with Crippen LogP contribution in [0, 0.1) is 0 Å². The van der Waals surface area contributed by atoms with Crippen LogP contribution in [0.2, 0.25) is 0 Å². The molecule has 0 aliphatic carbocycles. The Balaban J connectivity index is 1.76. The van der Waals surface area contributed by atoms with Crippen LogP contribution in [-0.2, 0) is 31.4 Å². The first-order valence-corrected chi connectivity index (χ1v) is 23.1. The number of aromatic nitrogens is 1. The van der Waals surface area contributed by atoms with Gasteiger partial charge >= 0.3 is 5.76 Å². The Labute approximate surface area is 338 Å². The van der Waals surface area contributed by atoms with E-state index in [4.69, 9.17) is 14.1 Å². The molecule has 4 rings (SSSR count). The molecule has 0 radical (unpaired) electrons. The van der Waals surface area contributed by atoms with Gasteiger partial charge < -0.3 is 19.6 Å². The first-order chi connectivity index (χ1) is 26.8. The third-order valence-corrected chi connectivity index (χ3v) is 13.0. The van der Waals surface area contributed by atoms with Crippen molar-refractivity contribution in [1.29, 1.82) is 0 Å². The molecule has 0 saturated heterocycles. The number of amides is 1. The summed E-state index contributed by atoms with van der Waals surface area (Å²) in [5.74, 6) is -1.58. The van der Waals surface area contributed by atoms with Crippen LogP contribution < -0.4 is 11.1 Å². The summed E-state index contributed by atoms with van der Waals surface area (Å²) in [5, 5.41) is 14.6. The highest BCUT2D eigenvalue weighted by Gasteiger charge is 2.43. The number of rotatable bonds is 24. The molecule has 2 aromatic carbocycles. The third kappa shape index (κ3) is 12.0. The van der Waals surface area contributed by atoms with E-state index < -0.39 is 33.6 Å². The number of anilines is 1. The van der Waals surface area contributed by atoms with Crippen molar-refractivity contribution in [3.05, 3.63) is 64.3 Å². The van der Waals surface area contributed by atoms with Crippen LogP contribution in [0.5, 0.6) is 5.88 Å². The molecule has 2 heterocycles. The second-order valence-electron chi connectivity index (χ2n) is 15.6. The van der Waals surface area contributed by atoms with Crippen LogP contribution in [0.4, 0.5) is 11.4 Å². The zero-order valence-electron chi connectivity index (χ0n) is 34.4. The molecule has 0 saturated carbocycles. The fourth-order valence-corrected chi connectivity index (χ4v) is 9.27. The Morgan fingerprint density at radius 2 is 1.57 bits per heavy atom. The number of oxazole rings is 1. The predicted octanol–water partition coefficient (Wildman–Crippen LogP) is 10.1. The number of nitrogens with zero attached hydrogens (tertiary/aromatic N) is 3. The summed E-state index contributed by atoms with van der Waals surface area (Å²) in [6.07, 6.45) is 13.1. The summed E-state index contributed by atoms with van der Waals surface area (Å²) >= 11 is 1.63. The van der Waals surface area contributed by atoms with Gasteiger partial charge in [0, 0.05) is 31.1 Å². The van der Waals surface area contributed by atoms with Crippen molar-refractivity contribution in [2.24, 2.45) is 4.99 Å². The largest absolute Gasteiger partial charge is 0.492 e. The topological polar surface area (TPSA) is 143 Å². The fraction of sp³-hybridized carbons (Fsp3) is 0.605.